The van der Waals surface area contributed by atoms with Gasteiger partial charge in [0.25, 0.3) is 0 Å². The molecule has 5 N–H and O–H groups in total. The maximum atomic E-state index is 12.7. The molecule has 1 saturated carbocycles. The largest absolute Gasteiger partial charge is 0.354 e. The minimum atomic E-state index is -0.942. The first-order valence-corrected chi connectivity index (χ1v) is 13.0. The van der Waals surface area contributed by atoms with E-state index in [2.05, 4.69) is 20.9 Å². The minimum Gasteiger partial charge on any atom is -0.338 e. The average Bonchev–Trinajstić information content (AvgIpc) is 3.29. The topological polar surface area (TPSA) is 138 Å². The molecule has 5 rings (SSSR count). The summed E-state index contributed by atoms with van der Waals surface area (Å²) in [6.07, 6.45) is 1.61. The van der Waals surface area contributed by atoms with Crippen molar-refractivity contribution in [2.75, 3.05) is 51.1 Å². The third-order valence-corrected chi connectivity index (χ3v) is 7.64. The van der Waals surface area contributed by atoms with Crippen LogP contribution in [0.25, 0.3) is 5.69 Å². The summed E-state index contributed by atoms with van der Waals surface area (Å²) in [4.78, 5) is 44.9. The number of nitrogens with one attached hydrogen (secondary N) is 3. The van der Waals surface area contributed by atoms with E-state index in [-0.39, 0.29) is 17.8 Å². The molecule has 198 valence electrons. The van der Waals surface area contributed by atoms with Crippen molar-refractivity contribution in [3.05, 3.63) is 52.6 Å². The number of hydrogen-bond acceptors (Lipinski definition) is 7. The van der Waals surface area contributed by atoms with Crippen molar-refractivity contribution in [3.8, 4) is 5.69 Å². The number of anilines is 1. The van der Waals surface area contributed by atoms with Crippen LogP contribution in [0.5, 0.6) is 0 Å². The van der Waals surface area contributed by atoms with Gasteiger partial charge in [0.15, 0.2) is 0 Å². The Balaban J connectivity index is 1.11. The van der Waals surface area contributed by atoms with Gasteiger partial charge >= 0.3 is 11.7 Å². The number of carbonyl (C=O) groups excluding carboxylic acids is 2. The molecule has 11 nitrogen and oxygen atoms in total. The molecule has 3 heterocycles. The maximum absolute atomic E-state index is 12.7. The van der Waals surface area contributed by atoms with Crippen molar-refractivity contribution in [2.24, 2.45) is 23.5 Å². The van der Waals surface area contributed by atoms with Crippen LogP contribution in [0.1, 0.15) is 19.4 Å². The van der Waals surface area contributed by atoms with Gasteiger partial charge in [-0.05, 0) is 75.0 Å². The van der Waals surface area contributed by atoms with Gasteiger partial charge in [-0.25, -0.2) is 9.59 Å². The Bertz CT molecular complexity index is 1190. The van der Waals surface area contributed by atoms with E-state index >= 15 is 0 Å². The van der Waals surface area contributed by atoms with Gasteiger partial charge in [0.1, 0.15) is 5.82 Å². The number of rotatable bonds is 7. The lowest BCUT2D eigenvalue weighted by Crippen LogP contribution is -2.58. The van der Waals surface area contributed by atoms with Crippen LogP contribution in [0.3, 0.4) is 0 Å². The van der Waals surface area contributed by atoms with Crippen LogP contribution >= 0.6 is 0 Å². The first kappa shape index (κ1) is 25.4. The molecule has 2 unspecified atom stereocenters. The van der Waals surface area contributed by atoms with Crippen LogP contribution in [0.15, 0.2) is 41.3 Å². The minimum absolute atomic E-state index is 0.139. The van der Waals surface area contributed by atoms with E-state index in [1.165, 1.54) is 4.57 Å². The van der Waals surface area contributed by atoms with E-state index in [0.717, 1.165) is 49.5 Å². The van der Waals surface area contributed by atoms with E-state index < -0.39 is 11.2 Å². The fourth-order valence-electron chi connectivity index (χ4n) is 5.38. The van der Waals surface area contributed by atoms with Crippen molar-refractivity contribution < 1.29 is 9.59 Å². The molecule has 3 fully saturated rings. The second kappa shape index (κ2) is 10.2. The van der Waals surface area contributed by atoms with E-state index in [1.807, 2.05) is 24.3 Å². The van der Waals surface area contributed by atoms with Gasteiger partial charge in [-0.2, -0.15) is 4.98 Å². The van der Waals surface area contributed by atoms with Gasteiger partial charge in [-0.1, -0.05) is 12.1 Å². The first-order valence-electron chi connectivity index (χ1n) is 13.0. The molecule has 0 radical (unpaired) electrons. The number of nitrogens with two attached hydrogens (primary N) is 1. The highest BCUT2D eigenvalue weighted by atomic mass is 16.2. The molecular weight excluding hydrogens is 472 g/mol. The Morgan fingerprint density at radius 3 is 2.32 bits per heavy atom. The lowest BCUT2D eigenvalue weighted by molar-refractivity contribution is -0.137. The third kappa shape index (κ3) is 5.68. The molecule has 3 atom stereocenters. The Hall–Kier alpha value is -3.28. The molecule has 1 aromatic carbocycles. The van der Waals surface area contributed by atoms with Gasteiger partial charge in [0.2, 0.25) is 5.91 Å². The van der Waals surface area contributed by atoms with Crippen LogP contribution in [-0.4, -0.2) is 82.6 Å². The summed E-state index contributed by atoms with van der Waals surface area (Å²) in [6, 6.07) is 9.07. The molecular formula is C26H36N8O3. The molecule has 1 aliphatic carbocycles. The number of piperidine rings is 1. The number of hydrogen-bond donors (Lipinski definition) is 4. The highest BCUT2D eigenvalue weighted by Crippen LogP contribution is 2.47. The van der Waals surface area contributed by atoms with Crippen molar-refractivity contribution >= 4 is 17.8 Å². The fraction of sp³-hybridized carbons (Fsp3) is 0.538. The van der Waals surface area contributed by atoms with Crippen LogP contribution in [-0.2, 0) is 11.3 Å². The number of aromatic nitrogens is 2. The second-order valence-electron chi connectivity index (χ2n) is 10.8. The zero-order valence-electron chi connectivity index (χ0n) is 21.4. The van der Waals surface area contributed by atoms with Gasteiger partial charge in [-0.3, -0.25) is 14.7 Å². The third-order valence-electron chi connectivity index (χ3n) is 7.64. The van der Waals surface area contributed by atoms with Gasteiger partial charge in [0.05, 0.1) is 11.2 Å². The number of carbonyl (C=O) groups is 2. The quantitative estimate of drug-likeness (QED) is 0.419. The van der Waals surface area contributed by atoms with E-state index in [0.29, 0.717) is 31.9 Å². The highest BCUT2D eigenvalue weighted by molar-refractivity contribution is 5.89. The van der Waals surface area contributed by atoms with E-state index in [4.69, 9.17) is 5.73 Å². The van der Waals surface area contributed by atoms with E-state index in [1.54, 1.807) is 35.9 Å². The zero-order chi connectivity index (χ0) is 26.2. The van der Waals surface area contributed by atoms with Crippen LogP contribution in [0.4, 0.5) is 10.6 Å². The Morgan fingerprint density at radius 2 is 1.70 bits per heavy atom. The predicted octanol–water partition coefficient (Wildman–Crippen LogP) is 0.201. The van der Waals surface area contributed by atoms with Crippen molar-refractivity contribution in [1.29, 1.82) is 0 Å². The molecule has 1 aromatic heterocycles. The normalized spacial score (nSPS) is 23.1. The number of nitrogens with zero attached hydrogens (tertiary/aromatic N) is 4. The standard InChI is InChI=1S/C26H36N8O3/c1-26(2,27)23(35)32-9-11-33(12-10-32)24(36)30-22-7-8-34(25(37)31-22)18-5-3-17(4-6-18)13-28-14-19-20-15-29-16-21(19)20/h3-8,19-21,28-29H,9-16,27H2,1-2H3,(H,30,31,36,37)/t19?,20-,21?/m0/s1. The van der Waals surface area contributed by atoms with E-state index in [9.17, 15) is 14.4 Å². The summed E-state index contributed by atoms with van der Waals surface area (Å²) in [5, 5.41) is 9.66. The summed E-state index contributed by atoms with van der Waals surface area (Å²) < 4.78 is 1.45. The molecule has 3 amide bonds. The molecule has 37 heavy (non-hydrogen) atoms. The Labute approximate surface area is 216 Å². The van der Waals surface area contributed by atoms with Crippen molar-refractivity contribution in [3.63, 3.8) is 0 Å². The fourth-order valence-corrected chi connectivity index (χ4v) is 5.38. The molecule has 0 spiro atoms. The van der Waals surface area contributed by atoms with Crippen molar-refractivity contribution in [2.45, 2.75) is 25.9 Å². The molecule has 2 aliphatic heterocycles. The maximum Gasteiger partial charge on any atom is 0.354 e. The second-order valence-corrected chi connectivity index (χ2v) is 10.8. The summed E-state index contributed by atoms with van der Waals surface area (Å²) in [7, 11) is 0. The first-order chi connectivity index (χ1) is 17.7. The number of amides is 3. The van der Waals surface area contributed by atoms with Crippen LogP contribution in [0, 0.1) is 17.8 Å². The van der Waals surface area contributed by atoms with Gasteiger partial charge < -0.3 is 26.2 Å². The smallest absolute Gasteiger partial charge is 0.338 e. The molecule has 2 saturated heterocycles. The number of fused-ring (bicyclic) bond motifs is 1. The summed E-state index contributed by atoms with van der Waals surface area (Å²) in [5.41, 5.74) is 6.36. The zero-order valence-corrected chi connectivity index (χ0v) is 21.4. The number of piperazine rings is 1. The molecule has 0 bridgehead atoms. The molecule has 11 heteroatoms. The van der Waals surface area contributed by atoms with Gasteiger partial charge in [0, 0.05) is 38.9 Å². The Kier molecular flexibility index (Phi) is 7.02. The molecule has 2 aromatic rings. The number of benzene rings is 1. The van der Waals surface area contributed by atoms with Crippen LogP contribution < -0.4 is 27.4 Å². The number of urea groups is 1. The summed E-state index contributed by atoms with van der Waals surface area (Å²) >= 11 is 0. The monoisotopic (exact) mass is 508 g/mol. The van der Waals surface area contributed by atoms with Crippen LogP contribution in [0.2, 0.25) is 0 Å². The predicted molar refractivity (Wildman–Crippen MR) is 140 cm³/mol. The SMILES string of the molecule is CC(C)(N)C(=O)N1CCN(C(=O)Nc2ccn(-c3ccc(CNCC4C5CNC[C@@H]45)cc3)c(=O)n2)CC1. The average molecular weight is 509 g/mol. The highest BCUT2D eigenvalue weighted by Gasteiger charge is 2.51. The lowest BCUT2D eigenvalue weighted by Gasteiger charge is -2.37. The van der Waals surface area contributed by atoms with Gasteiger partial charge in [-0.15, -0.1) is 0 Å². The van der Waals surface area contributed by atoms with Crippen molar-refractivity contribution in [1.82, 2.24) is 30.0 Å². The summed E-state index contributed by atoms with van der Waals surface area (Å²) in [5.74, 6) is 2.56. The Morgan fingerprint density at radius 1 is 1.05 bits per heavy atom. The molecule has 3 aliphatic rings. The lowest BCUT2D eigenvalue weighted by atomic mass is 10.1. The summed E-state index contributed by atoms with van der Waals surface area (Å²) in [6.45, 7) is 9.09.